The molecule has 0 saturated carbocycles. The van der Waals surface area contributed by atoms with Gasteiger partial charge in [-0.1, -0.05) is 44.2 Å². The highest BCUT2D eigenvalue weighted by atomic mass is 16.5. The zero-order valence-corrected chi connectivity index (χ0v) is 15.1. The van der Waals surface area contributed by atoms with Crippen molar-refractivity contribution in [3.63, 3.8) is 0 Å². The summed E-state index contributed by atoms with van der Waals surface area (Å²) in [5.41, 5.74) is 3.13. The van der Waals surface area contributed by atoms with Crippen LogP contribution in [-0.4, -0.2) is 59.3 Å². The molecule has 1 aromatic carbocycles. The molecular formula is C19H25NO6. The Hall–Kier alpha value is -2.67. The number of likely N-dealkylation sites (N-methyl/N-ethyl adjacent to an activating group) is 1. The lowest BCUT2D eigenvalue weighted by molar-refractivity contribution is -0.159. The summed E-state index contributed by atoms with van der Waals surface area (Å²) < 4.78 is 5.35. The van der Waals surface area contributed by atoms with Crippen LogP contribution in [0.4, 0.5) is 0 Å². The standard InChI is InChI=1S/C17H23NO2.C2H2O4/c1-3-12-20-17(19)16-13-18(4-2)11-10-15(16)14-8-6-5-7-9-14;3-1(4)2(5)6/h5-9H,3-4,10-13H2,1-2H3;(H,3,4)(H,5,6). The van der Waals surface area contributed by atoms with E-state index < -0.39 is 11.9 Å². The van der Waals surface area contributed by atoms with E-state index in [4.69, 9.17) is 24.5 Å². The van der Waals surface area contributed by atoms with Crippen molar-refractivity contribution >= 4 is 23.5 Å². The van der Waals surface area contributed by atoms with Gasteiger partial charge in [0.1, 0.15) is 0 Å². The minimum absolute atomic E-state index is 0.149. The van der Waals surface area contributed by atoms with Crippen LogP contribution in [0.15, 0.2) is 35.9 Å². The second kappa shape index (κ2) is 11.0. The molecule has 2 rings (SSSR count). The molecule has 1 aromatic rings. The highest BCUT2D eigenvalue weighted by Gasteiger charge is 2.24. The van der Waals surface area contributed by atoms with Crippen LogP contribution in [-0.2, 0) is 19.1 Å². The van der Waals surface area contributed by atoms with Gasteiger partial charge in [0.25, 0.3) is 0 Å². The first kappa shape index (κ1) is 21.4. The summed E-state index contributed by atoms with van der Waals surface area (Å²) in [6, 6.07) is 10.2. The van der Waals surface area contributed by atoms with E-state index in [1.807, 2.05) is 25.1 Å². The Morgan fingerprint density at radius 1 is 1.08 bits per heavy atom. The zero-order valence-electron chi connectivity index (χ0n) is 15.1. The molecule has 1 aliphatic rings. The van der Waals surface area contributed by atoms with Crippen LogP contribution >= 0.6 is 0 Å². The number of carbonyl (C=O) groups is 3. The number of nitrogens with zero attached hydrogens (tertiary/aromatic N) is 1. The molecule has 1 heterocycles. The molecule has 1 aliphatic heterocycles. The van der Waals surface area contributed by atoms with Crippen molar-refractivity contribution in [3.8, 4) is 0 Å². The van der Waals surface area contributed by atoms with Gasteiger partial charge < -0.3 is 14.9 Å². The maximum absolute atomic E-state index is 12.3. The molecule has 7 heteroatoms. The molecule has 0 aliphatic carbocycles. The third kappa shape index (κ3) is 6.68. The van der Waals surface area contributed by atoms with Gasteiger partial charge in [0, 0.05) is 13.1 Å². The van der Waals surface area contributed by atoms with Crippen molar-refractivity contribution in [1.82, 2.24) is 4.90 Å². The number of carboxylic acid groups (broad SMARTS) is 2. The monoisotopic (exact) mass is 363 g/mol. The van der Waals surface area contributed by atoms with Gasteiger partial charge in [-0.2, -0.15) is 0 Å². The lowest BCUT2D eigenvalue weighted by Gasteiger charge is -2.29. The number of esters is 1. The average molecular weight is 363 g/mol. The number of benzene rings is 1. The third-order valence-corrected chi connectivity index (χ3v) is 3.86. The van der Waals surface area contributed by atoms with Crippen molar-refractivity contribution in [1.29, 1.82) is 0 Å². The molecule has 0 unspecified atom stereocenters. The van der Waals surface area contributed by atoms with Crippen molar-refractivity contribution in [3.05, 3.63) is 41.5 Å². The lowest BCUT2D eigenvalue weighted by atomic mass is 9.93. The molecule has 0 fully saturated rings. The number of hydrogen-bond donors (Lipinski definition) is 2. The highest BCUT2D eigenvalue weighted by molar-refractivity contribution is 6.27. The van der Waals surface area contributed by atoms with E-state index in [9.17, 15) is 4.79 Å². The fourth-order valence-electron chi connectivity index (χ4n) is 2.52. The largest absolute Gasteiger partial charge is 0.473 e. The maximum atomic E-state index is 12.3. The molecule has 0 aromatic heterocycles. The Labute approximate surface area is 152 Å². The molecule has 0 amide bonds. The Morgan fingerprint density at radius 2 is 1.69 bits per heavy atom. The van der Waals surface area contributed by atoms with Gasteiger partial charge in [-0.25, -0.2) is 14.4 Å². The molecule has 2 N–H and O–H groups in total. The molecule has 0 bridgehead atoms. The molecular weight excluding hydrogens is 338 g/mol. The third-order valence-electron chi connectivity index (χ3n) is 3.86. The van der Waals surface area contributed by atoms with E-state index in [-0.39, 0.29) is 5.97 Å². The van der Waals surface area contributed by atoms with Crippen molar-refractivity contribution in [2.45, 2.75) is 26.7 Å². The van der Waals surface area contributed by atoms with Crippen molar-refractivity contribution in [2.75, 3.05) is 26.2 Å². The first-order chi connectivity index (χ1) is 12.4. The van der Waals surface area contributed by atoms with Gasteiger partial charge in [-0.05, 0) is 30.5 Å². The molecule has 0 atom stereocenters. The normalized spacial score (nSPS) is 14.2. The minimum Gasteiger partial charge on any atom is -0.473 e. The van der Waals surface area contributed by atoms with Gasteiger partial charge in [-0.3, -0.25) is 4.90 Å². The van der Waals surface area contributed by atoms with E-state index in [0.717, 1.165) is 42.6 Å². The molecule has 0 radical (unpaired) electrons. The second-order valence-corrected chi connectivity index (χ2v) is 5.69. The quantitative estimate of drug-likeness (QED) is 0.611. The van der Waals surface area contributed by atoms with E-state index in [1.54, 1.807) is 0 Å². The number of hydrogen-bond acceptors (Lipinski definition) is 5. The summed E-state index contributed by atoms with van der Waals surface area (Å²) in [4.78, 5) is 32.8. The number of carbonyl (C=O) groups excluding carboxylic acids is 1. The van der Waals surface area contributed by atoms with Crippen LogP contribution in [0.25, 0.3) is 5.57 Å². The van der Waals surface area contributed by atoms with Crippen molar-refractivity contribution < 1.29 is 29.3 Å². The van der Waals surface area contributed by atoms with Gasteiger partial charge in [0.2, 0.25) is 0 Å². The molecule has 7 nitrogen and oxygen atoms in total. The smallest absolute Gasteiger partial charge is 0.414 e. The van der Waals surface area contributed by atoms with Gasteiger partial charge in [0.15, 0.2) is 0 Å². The Morgan fingerprint density at radius 3 is 2.19 bits per heavy atom. The highest BCUT2D eigenvalue weighted by Crippen LogP contribution is 2.28. The molecule has 0 spiro atoms. The predicted octanol–water partition coefficient (Wildman–Crippen LogP) is 2.27. The first-order valence-electron chi connectivity index (χ1n) is 8.53. The maximum Gasteiger partial charge on any atom is 0.414 e. The van der Waals surface area contributed by atoms with Gasteiger partial charge in [-0.15, -0.1) is 0 Å². The fraction of sp³-hybridized carbons (Fsp3) is 0.421. The van der Waals surface area contributed by atoms with Crippen molar-refractivity contribution in [2.24, 2.45) is 0 Å². The second-order valence-electron chi connectivity index (χ2n) is 5.69. The van der Waals surface area contributed by atoms with Crippen LogP contribution in [0.2, 0.25) is 0 Å². The van der Waals surface area contributed by atoms with Gasteiger partial charge in [0.05, 0.1) is 12.2 Å². The number of rotatable bonds is 5. The average Bonchev–Trinajstić information content (AvgIpc) is 2.66. The molecule has 26 heavy (non-hydrogen) atoms. The van der Waals surface area contributed by atoms with Crippen LogP contribution in [0, 0.1) is 0 Å². The van der Waals surface area contributed by atoms with E-state index >= 15 is 0 Å². The lowest BCUT2D eigenvalue weighted by Crippen LogP contribution is -2.34. The topological polar surface area (TPSA) is 104 Å². The first-order valence-corrected chi connectivity index (χ1v) is 8.53. The van der Waals surface area contributed by atoms with Gasteiger partial charge >= 0.3 is 17.9 Å². The zero-order chi connectivity index (χ0) is 19.5. The van der Waals surface area contributed by atoms with Crippen LogP contribution in [0.1, 0.15) is 32.3 Å². The predicted molar refractivity (Wildman–Crippen MR) is 96.6 cm³/mol. The summed E-state index contributed by atoms with van der Waals surface area (Å²) in [5.74, 6) is -3.80. The fourth-order valence-corrected chi connectivity index (χ4v) is 2.52. The number of carboxylic acids is 2. The summed E-state index contributed by atoms with van der Waals surface area (Å²) >= 11 is 0. The number of aliphatic carboxylic acids is 2. The number of ether oxygens (including phenoxy) is 1. The van der Waals surface area contributed by atoms with E-state index in [2.05, 4.69) is 24.0 Å². The Kier molecular flexibility index (Phi) is 9.08. The summed E-state index contributed by atoms with van der Waals surface area (Å²) in [5, 5.41) is 14.8. The van der Waals surface area contributed by atoms with Crippen LogP contribution in [0.3, 0.4) is 0 Å². The molecule has 142 valence electrons. The van der Waals surface area contributed by atoms with Crippen LogP contribution in [0.5, 0.6) is 0 Å². The van der Waals surface area contributed by atoms with E-state index in [1.165, 1.54) is 0 Å². The minimum atomic E-state index is -1.82. The summed E-state index contributed by atoms with van der Waals surface area (Å²) in [6.07, 6.45) is 1.77. The van der Waals surface area contributed by atoms with Crippen LogP contribution < -0.4 is 0 Å². The Bertz CT molecular complexity index is 641. The SMILES string of the molecule is CCCOC(=O)C1=C(c2ccccc2)CCN(CC)C1.O=C(O)C(=O)O. The Balaban J connectivity index is 0.000000487. The summed E-state index contributed by atoms with van der Waals surface area (Å²) in [7, 11) is 0. The van der Waals surface area contributed by atoms with E-state index in [0.29, 0.717) is 13.2 Å². The summed E-state index contributed by atoms with van der Waals surface area (Å²) in [6.45, 7) is 7.30. The molecule has 0 saturated heterocycles.